The molecule has 0 N–H and O–H groups in total. The highest BCUT2D eigenvalue weighted by Gasteiger charge is 2.31. The summed E-state index contributed by atoms with van der Waals surface area (Å²) in [6.45, 7) is 2.71. The van der Waals surface area contributed by atoms with Crippen LogP contribution in [-0.4, -0.2) is 62.0 Å². The van der Waals surface area contributed by atoms with Crippen LogP contribution in [0.4, 0.5) is 13.2 Å². The van der Waals surface area contributed by atoms with Crippen molar-refractivity contribution < 1.29 is 27.4 Å². The fourth-order valence-electron chi connectivity index (χ4n) is 2.80. The molecular formula is C16H21F3N2O3. The molecule has 1 heterocycles. The Balaban J connectivity index is 2.07. The highest BCUT2D eigenvalue weighted by molar-refractivity contribution is 5.70. The largest absolute Gasteiger partial charge is 0.573 e. The second-order valence-electron chi connectivity index (χ2n) is 5.86. The van der Waals surface area contributed by atoms with Crippen LogP contribution in [0.15, 0.2) is 24.3 Å². The van der Waals surface area contributed by atoms with Gasteiger partial charge in [0.1, 0.15) is 5.75 Å². The van der Waals surface area contributed by atoms with Crippen molar-refractivity contribution in [2.24, 2.45) is 0 Å². The van der Waals surface area contributed by atoms with E-state index in [-0.39, 0.29) is 24.2 Å². The number of esters is 1. The van der Waals surface area contributed by atoms with E-state index < -0.39 is 6.36 Å². The van der Waals surface area contributed by atoms with Crippen LogP contribution in [0.5, 0.6) is 5.75 Å². The first-order chi connectivity index (χ1) is 11.3. The lowest BCUT2D eigenvalue weighted by molar-refractivity contribution is -0.274. The third-order valence-corrected chi connectivity index (χ3v) is 3.96. The lowest BCUT2D eigenvalue weighted by atomic mass is 10.1. The molecular weight excluding hydrogens is 325 g/mol. The summed E-state index contributed by atoms with van der Waals surface area (Å²) in [4.78, 5) is 15.8. The van der Waals surface area contributed by atoms with Crippen LogP contribution < -0.4 is 4.74 Å². The number of piperazine rings is 1. The van der Waals surface area contributed by atoms with Crippen LogP contribution in [0, 0.1) is 0 Å². The van der Waals surface area contributed by atoms with Gasteiger partial charge in [0.15, 0.2) is 0 Å². The first-order valence-corrected chi connectivity index (χ1v) is 7.61. The molecule has 0 aliphatic carbocycles. The summed E-state index contributed by atoms with van der Waals surface area (Å²) in [5.41, 5.74) is 0.705. The van der Waals surface area contributed by atoms with E-state index in [9.17, 15) is 18.0 Å². The Kier molecular flexibility index (Phi) is 6.06. The number of likely N-dealkylation sites (N-methyl/N-ethyl adjacent to an activating group) is 1. The van der Waals surface area contributed by atoms with Gasteiger partial charge < -0.3 is 14.4 Å². The Morgan fingerprint density at radius 2 is 2.08 bits per heavy atom. The molecule has 2 rings (SSSR count). The summed E-state index contributed by atoms with van der Waals surface area (Å²) >= 11 is 0. The normalized spacial score (nSPS) is 20.0. The number of ether oxygens (including phenoxy) is 2. The second kappa shape index (κ2) is 7.85. The molecule has 8 heteroatoms. The maximum atomic E-state index is 12.3. The van der Waals surface area contributed by atoms with Crippen LogP contribution in [0.1, 0.15) is 12.0 Å². The minimum atomic E-state index is -4.71. The Morgan fingerprint density at radius 1 is 1.33 bits per heavy atom. The van der Waals surface area contributed by atoms with Gasteiger partial charge in [0.25, 0.3) is 0 Å². The van der Waals surface area contributed by atoms with Crippen molar-refractivity contribution >= 4 is 5.97 Å². The summed E-state index contributed by atoms with van der Waals surface area (Å²) in [6, 6.07) is 5.88. The summed E-state index contributed by atoms with van der Waals surface area (Å²) in [5, 5.41) is 0. The number of rotatable bonds is 5. The van der Waals surface area contributed by atoms with E-state index in [2.05, 4.69) is 14.5 Å². The van der Waals surface area contributed by atoms with Crippen LogP contribution >= 0.6 is 0 Å². The summed E-state index contributed by atoms with van der Waals surface area (Å²) < 4.78 is 45.7. The number of nitrogens with zero attached hydrogens (tertiary/aromatic N) is 2. The molecule has 1 aromatic carbocycles. The quantitative estimate of drug-likeness (QED) is 0.765. The molecule has 0 radical (unpaired) electrons. The SMILES string of the molecule is COC(=O)CC1CN(C)CCN1Cc1cccc(OC(F)(F)F)c1. The van der Waals surface area contributed by atoms with E-state index in [1.807, 2.05) is 7.05 Å². The topological polar surface area (TPSA) is 42.0 Å². The predicted octanol–water partition coefficient (Wildman–Crippen LogP) is 2.26. The average molecular weight is 346 g/mol. The molecule has 134 valence electrons. The van der Waals surface area contributed by atoms with Gasteiger partial charge in [-0.3, -0.25) is 9.69 Å². The maximum absolute atomic E-state index is 12.3. The number of halogens is 3. The van der Waals surface area contributed by atoms with Gasteiger partial charge in [0.05, 0.1) is 13.5 Å². The number of alkyl halides is 3. The molecule has 0 saturated carbocycles. The molecule has 0 amide bonds. The Bertz CT molecular complexity index is 566. The summed E-state index contributed by atoms with van der Waals surface area (Å²) in [6.07, 6.45) is -4.46. The van der Waals surface area contributed by atoms with Crippen molar-refractivity contribution in [2.75, 3.05) is 33.8 Å². The van der Waals surface area contributed by atoms with E-state index >= 15 is 0 Å². The third-order valence-electron chi connectivity index (χ3n) is 3.96. The summed E-state index contributed by atoms with van der Waals surface area (Å²) in [7, 11) is 3.32. The van der Waals surface area contributed by atoms with E-state index in [1.165, 1.54) is 25.3 Å². The zero-order chi connectivity index (χ0) is 17.7. The molecule has 0 bridgehead atoms. The van der Waals surface area contributed by atoms with Crippen molar-refractivity contribution in [1.29, 1.82) is 0 Å². The number of methoxy groups -OCH3 is 1. The fraction of sp³-hybridized carbons (Fsp3) is 0.562. The standard InChI is InChI=1S/C16H21F3N2O3/c1-20-6-7-21(13(11-20)9-15(22)23-2)10-12-4-3-5-14(8-12)24-16(17,18)19/h3-5,8,13H,6-7,9-11H2,1-2H3. The third kappa shape index (κ3) is 5.68. The second-order valence-corrected chi connectivity index (χ2v) is 5.86. The van der Waals surface area contributed by atoms with Crippen LogP contribution in [0.25, 0.3) is 0 Å². The molecule has 1 fully saturated rings. The van der Waals surface area contributed by atoms with Crippen molar-refractivity contribution in [1.82, 2.24) is 9.80 Å². The zero-order valence-corrected chi connectivity index (χ0v) is 13.7. The van der Waals surface area contributed by atoms with Crippen molar-refractivity contribution in [3.8, 4) is 5.75 Å². The van der Waals surface area contributed by atoms with Gasteiger partial charge in [-0.2, -0.15) is 0 Å². The first kappa shape index (κ1) is 18.5. The number of hydrogen-bond acceptors (Lipinski definition) is 5. The smallest absolute Gasteiger partial charge is 0.469 e. The van der Waals surface area contributed by atoms with E-state index in [0.29, 0.717) is 18.7 Å². The van der Waals surface area contributed by atoms with Crippen LogP contribution in [0.3, 0.4) is 0 Å². The van der Waals surface area contributed by atoms with Gasteiger partial charge in [0, 0.05) is 32.2 Å². The number of carbonyl (C=O) groups excluding carboxylic acids is 1. The van der Waals surface area contributed by atoms with Crippen LogP contribution in [-0.2, 0) is 16.1 Å². The number of hydrogen-bond donors (Lipinski definition) is 0. The van der Waals surface area contributed by atoms with Crippen molar-refractivity contribution in [3.05, 3.63) is 29.8 Å². The van der Waals surface area contributed by atoms with Crippen LogP contribution in [0.2, 0.25) is 0 Å². The molecule has 24 heavy (non-hydrogen) atoms. The first-order valence-electron chi connectivity index (χ1n) is 7.61. The highest BCUT2D eigenvalue weighted by atomic mass is 19.4. The number of benzene rings is 1. The minimum absolute atomic E-state index is 0.0385. The Morgan fingerprint density at radius 3 is 2.75 bits per heavy atom. The molecule has 1 aliphatic rings. The van der Waals surface area contributed by atoms with Gasteiger partial charge in [-0.1, -0.05) is 12.1 Å². The molecule has 1 aromatic rings. The monoisotopic (exact) mass is 346 g/mol. The van der Waals surface area contributed by atoms with Gasteiger partial charge in [-0.05, 0) is 24.7 Å². The molecule has 1 aliphatic heterocycles. The average Bonchev–Trinajstić information content (AvgIpc) is 2.48. The van der Waals surface area contributed by atoms with Gasteiger partial charge >= 0.3 is 12.3 Å². The maximum Gasteiger partial charge on any atom is 0.573 e. The molecule has 0 spiro atoms. The Hall–Kier alpha value is -1.80. The lowest BCUT2D eigenvalue weighted by Crippen LogP contribution is -2.52. The molecule has 0 aromatic heterocycles. The highest BCUT2D eigenvalue weighted by Crippen LogP contribution is 2.24. The van der Waals surface area contributed by atoms with E-state index in [4.69, 9.17) is 4.74 Å². The fourth-order valence-corrected chi connectivity index (χ4v) is 2.80. The van der Waals surface area contributed by atoms with Crippen molar-refractivity contribution in [3.63, 3.8) is 0 Å². The van der Waals surface area contributed by atoms with Gasteiger partial charge in [0.2, 0.25) is 0 Å². The zero-order valence-electron chi connectivity index (χ0n) is 13.7. The molecule has 1 atom stereocenters. The predicted molar refractivity (Wildman–Crippen MR) is 81.5 cm³/mol. The van der Waals surface area contributed by atoms with E-state index in [1.54, 1.807) is 6.07 Å². The molecule has 1 saturated heterocycles. The van der Waals surface area contributed by atoms with Gasteiger partial charge in [-0.25, -0.2) is 0 Å². The minimum Gasteiger partial charge on any atom is -0.469 e. The van der Waals surface area contributed by atoms with Gasteiger partial charge in [-0.15, -0.1) is 13.2 Å². The molecule has 5 nitrogen and oxygen atoms in total. The molecule has 1 unspecified atom stereocenters. The summed E-state index contributed by atoms with van der Waals surface area (Å²) in [5.74, 6) is -0.534. The lowest BCUT2D eigenvalue weighted by Gasteiger charge is -2.39. The Labute approximate surface area is 138 Å². The number of carbonyl (C=O) groups is 1. The van der Waals surface area contributed by atoms with E-state index in [0.717, 1.165) is 13.1 Å². The van der Waals surface area contributed by atoms with Crippen molar-refractivity contribution in [2.45, 2.75) is 25.4 Å².